The lowest BCUT2D eigenvalue weighted by atomic mass is 10.3. The van der Waals surface area contributed by atoms with E-state index >= 15 is 0 Å². The lowest BCUT2D eigenvalue weighted by Crippen LogP contribution is -2.30. The summed E-state index contributed by atoms with van der Waals surface area (Å²) in [5.74, 6) is 0.712. The lowest BCUT2D eigenvalue weighted by molar-refractivity contribution is -0.127. The molecule has 1 saturated heterocycles. The van der Waals surface area contributed by atoms with Crippen LogP contribution in [0.3, 0.4) is 0 Å². The van der Waals surface area contributed by atoms with E-state index in [0.29, 0.717) is 37.2 Å². The summed E-state index contributed by atoms with van der Waals surface area (Å²) in [7, 11) is -3.65. The van der Waals surface area contributed by atoms with E-state index in [1.54, 1.807) is 17.0 Å². The van der Waals surface area contributed by atoms with Gasteiger partial charge in [-0.3, -0.25) is 9.59 Å². The number of hydrogen-bond acceptors (Lipinski definition) is 5. The van der Waals surface area contributed by atoms with Gasteiger partial charge in [0, 0.05) is 43.1 Å². The van der Waals surface area contributed by atoms with Gasteiger partial charge in [0.15, 0.2) is 0 Å². The molecule has 7 nitrogen and oxygen atoms in total. The summed E-state index contributed by atoms with van der Waals surface area (Å²) >= 11 is 1.53. The van der Waals surface area contributed by atoms with E-state index in [9.17, 15) is 18.0 Å². The summed E-state index contributed by atoms with van der Waals surface area (Å²) in [6, 6.07) is 4.77. The van der Waals surface area contributed by atoms with Crippen LogP contribution in [0.25, 0.3) is 0 Å². The fourth-order valence-corrected chi connectivity index (χ4v) is 4.90. The van der Waals surface area contributed by atoms with Gasteiger partial charge in [0.05, 0.1) is 10.6 Å². The molecular weight excluding hydrogens is 362 g/mol. The number of sulfonamides is 1. The number of fused-ring (bicyclic) bond motifs is 1. The monoisotopic (exact) mass is 383 g/mol. The minimum absolute atomic E-state index is 0.107. The molecule has 2 aliphatic heterocycles. The number of nitrogens with one attached hydrogen (secondary N) is 2. The van der Waals surface area contributed by atoms with Crippen molar-refractivity contribution in [2.24, 2.45) is 0 Å². The summed E-state index contributed by atoms with van der Waals surface area (Å²) in [5.41, 5.74) is 0.540. The molecule has 0 aromatic heterocycles. The van der Waals surface area contributed by atoms with Crippen LogP contribution in [0.4, 0.5) is 5.69 Å². The van der Waals surface area contributed by atoms with E-state index in [1.165, 1.54) is 17.8 Å². The molecule has 2 amide bonds. The fraction of sp³-hybridized carbons (Fsp3) is 0.500. The number of anilines is 1. The molecular formula is C16H21N3O4S2. The van der Waals surface area contributed by atoms with Gasteiger partial charge in [-0.15, -0.1) is 11.8 Å². The molecule has 2 aliphatic rings. The highest BCUT2D eigenvalue weighted by Crippen LogP contribution is 2.32. The standard InChI is InChI=1S/C16H21N3O4S2/c20-15-6-10-24-14-5-4-12(11-13(14)18-15)25(22,23)17-7-2-9-19-8-1-3-16(19)21/h4-5,11,17H,1-3,6-10H2,(H,18,20). The van der Waals surface area contributed by atoms with Crippen molar-refractivity contribution in [3.8, 4) is 0 Å². The van der Waals surface area contributed by atoms with E-state index in [2.05, 4.69) is 10.0 Å². The van der Waals surface area contributed by atoms with Crippen LogP contribution in [0.2, 0.25) is 0 Å². The van der Waals surface area contributed by atoms with Gasteiger partial charge in [0.2, 0.25) is 21.8 Å². The third kappa shape index (κ3) is 4.53. The zero-order valence-corrected chi connectivity index (χ0v) is 15.4. The molecule has 1 aromatic rings. The van der Waals surface area contributed by atoms with Crippen molar-refractivity contribution in [2.45, 2.75) is 35.5 Å². The Labute approximate surface area is 151 Å². The summed E-state index contributed by atoms with van der Waals surface area (Å²) in [6.07, 6.45) is 2.45. The average molecular weight is 383 g/mol. The van der Waals surface area contributed by atoms with Crippen molar-refractivity contribution < 1.29 is 18.0 Å². The first-order chi connectivity index (χ1) is 12.0. The molecule has 2 N–H and O–H groups in total. The van der Waals surface area contributed by atoms with Gasteiger partial charge >= 0.3 is 0 Å². The Bertz CT molecular complexity index is 780. The highest BCUT2D eigenvalue weighted by atomic mass is 32.2. The topological polar surface area (TPSA) is 95.6 Å². The third-order valence-electron chi connectivity index (χ3n) is 4.19. The first-order valence-corrected chi connectivity index (χ1v) is 10.8. The molecule has 0 bridgehead atoms. The quantitative estimate of drug-likeness (QED) is 0.724. The number of amides is 2. The van der Waals surface area contributed by atoms with Crippen LogP contribution in [0.15, 0.2) is 28.0 Å². The van der Waals surface area contributed by atoms with Gasteiger partial charge in [-0.25, -0.2) is 13.1 Å². The highest BCUT2D eigenvalue weighted by molar-refractivity contribution is 7.99. The van der Waals surface area contributed by atoms with Crippen molar-refractivity contribution in [1.82, 2.24) is 9.62 Å². The maximum absolute atomic E-state index is 12.4. The molecule has 1 fully saturated rings. The second-order valence-electron chi connectivity index (χ2n) is 6.04. The molecule has 0 spiro atoms. The number of hydrogen-bond donors (Lipinski definition) is 2. The first-order valence-electron chi connectivity index (χ1n) is 8.30. The van der Waals surface area contributed by atoms with Crippen molar-refractivity contribution in [1.29, 1.82) is 0 Å². The van der Waals surface area contributed by atoms with E-state index in [-0.39, 0.29) is 23.3 Å². The molecule has 0 aliphatic carbocycles. The second kappa shape index (κ2) is 7.76. The fourth-order valence-electron chi connectivity index (χ4n) is 2.87. The SMILES string of the molecule is O=C1CCSc2ccc(S(=O)(=O)NCCCN3CCCC3=O)cc2N1. The van der Waals surface area contributed by atoms with E-state index < -0.39 is 10.0 Å². The van der Waals surface area contributed by atoms with Gasteiger partial charge in [-0.1, -0.05) is 0 Å². The first kappa shape index (κ1) is 18.2. The van der Waals surface area contributed by atoms with Crippen LogP contribution in [-0.2, 0) is 19.6 Å². The lowest BCUT2D eigenvalue weighted by Gasteiger charge is -2.15. The molecule has 0 radical (unpaired) electrons. The molecule has 25 heavy (non-hydrogen) atoms. The van der Waals surface area contributed by atoms with Crippen molar-refractivity contribution >= 4 is 39.3 Å². The number of carbonyl (C=O) groups is 2. The Morgan fingerprint density at radius 1 is 1.24 bits per heavy atom. The van der Waals surface area contributed by atoms with Crippen LogP contribution in [0.1, 0.15) is 25.7 Å². The van der Waals surface area contributed by atoms with Crippen LogP contribution >= 0.6 is 11.8 Å². The summed E-state index contributed by atoms with van der Waals surface area (Å²) in [4.78, 5) is 25.9. The molecule has 1 aromatic carbocycles. The molecule has 3 rings (SSSR count). The van der Waals surface area contributed by atoms with E-state index in [0.717, 1.165) is 17.9 Å². The normalized spacial score (nSPS) is 18.0. The highest BCUT2D eigenvalue weighted by Gasteiger charge is 2.21. The predicted octanol–water partition coefficient (Wildman–Crippen LogP) is 1.41. The Morgan fingerprint density at radius 3 is 2.84 bits per heavy atom. The summed E-state index contributed by atoms with van der Waals surface area (Å²) < 4.78 is 27.4. The van der Waals surface area contributed by atoms with Gasteiger partial charge in [0.25, 0.3) is 0 Å². The molecule has 0 saturated carbocycles. The molecule has 0 unspecified atom stereocenters. The Kier molecular flexibility index (Phi) is 5.65. The van der Waals surface area contributed by atoms with Crippen molar-refractivity contribution in [2.75, 3.05) is 30.7 Å². The van der Waals surface area contributed by atoms with Crippen molar-refractivity contribution in [3.63, 3.8) is 0 Å². The third-order valence-corrected chi connectivity index (χ3v) is 6.72. The van der Waals surface area contributed by atoms with Gasteiger partial charge < -0.3 is 10.2 Å². The molecule has 2 heterocycles. The summed E-state index contributed by atoms with van der Waals surface area (Å²) in [5, 5.41) is 2.75. The second-order valence-corrected chi connectivity index (χ2v) is 8.94. The zero-order valence-electron chi connectivity index (χ0n) is 13.8. The minimum atomic E-state index is -3.65. The zero-order chi connectivity index (χ0) is 17.9. The Hall–Kier alpha value is -1.58. The number of carbonyl (C=O) groups excluding carboxylic acids is 2. The largest absolute Gasteiger partial charge is 0.343 e. The molecule has 9 heteroatoms. The number of benzene rings is 1. The Morgan fingerprint density at radius 2 is 2.08 bits per heavy atom. The molecule has 136 valence electrons. The van der Waals surface area contributed by atoms with E-state index in [4.69, 9.17) is 0 Å². The predicted molar refractivity (Wildman–Crippen MR) is 96.0 cm³/mol. The van der Waals surface area contributed by atoms with Crippen LogP contribution in [0.5, 0.6) is 0 Å². The molecule has 0 atom stereocenters. The number of rotatable bonds is 6. The average Bonchev–Trinajstić information content (AvgIpc) is 2.87. The van der Waals surface area contributed by atoms with Gasteiger partial charge in [-0.05, 0) is 31.0 Å². The van der Waals surface area contributed by atoms with Crippen LogP contribution in [0, 0.1) is 0 Å². The van der Waals surface area contributed by atoms with Gasteiger partial charge in [-0.2, -0.15) is 0 Å². The number of likely N-dealkylation sites (tertiary alicyclic amines) is 1. The Balaban J connectivity index is 1.60. The number of nitrogens with zero attached hydrogens (tertiary/aromatic N) is 1. The maximum Gasteiger partial charge on any atom is 0.240 e. The minimum Gasteiger partial charge on any atom is -0.343 e. The van der Waals surface area contributed by atoms with E-state index in [1.807, 2.05) is 0 Å². The smallest absolute Gasteiger partial charge is 0.240 e. The van der Waals surface area contributed by atoms with Crippen LogP contribution < -0.4 is 10.0 Å². The van der Waals surface area contributed by atoms with Gasteiger partial charge in [0.1, 0.15) is 0 Å². The number of thioether (sulfide) groups is 1. The maximum atomic E-state index is 12.4. The van der Waals surface area contributed by atoms with Crippen LogP contribution in [-0.4, -0.2) is 50.5 Å². The summed E-state index contributed by atoms with van der Waals surface area (Å²) in [6.45, 7) is 1.59. The van der Waals surface area contributed by atoms with Crippen molar-refractivity contribution in [3.05, 3.63) is 18.2 Å².